The maximum absolute atomic E-state index is 12.5. The van der Waals surface area contributed by atoms with E-state index in [9.17, 15) is 4.79 Å². The molecule has 0 aliphatic rings. The lowest BCUT2D eigenvalue weighted by Gasteiger charge is -2.11. The molecule has 152 valence electrons. The number of aryl methyl sites for hydroxylation is 3. The molecule has 1 N–H and O–H groups in total. The Balaban J connectivity index is 1.53. The van der Waals surface area contributed by atoms with Crippen molar-refractivity contribution in [3.05, 3.63) is 83.2 Å². The Morgan fingerprint density at radius 3 is 2.60 bits per heavy atom. The fraction of sp³-hybridized carbons (Fsp3) is 0.240. The van der Waals surface area contributed by atoms with Crippen molar-refractivity contribution in [1.82, 2.24) is 14.6 Å². The van der Waals surface area contributed by atoms with Crippen LogP contribution >= 0.6 is 0 Å². The lowest BCUT2D eigenvalue weighted by Crippen LogP contribution is -2.14. The number of anilines is 1. The lowest BCUT2D eigenvalue weighted by atomic mass is 10.1. The minimum atomic E-state index is 0.00703. The molecule has 0 saturated carbocycles. The summed E-state index contributed by atoms with van der Waals surface area (Å²) in [5.74, 6) is 0.00703. The molecule has 0 atom stereocenters. The molecule has 0 aliphatic heterocycles. The third kappa shape index (κ3) is 4.10. The van der Waals surface area contributed by atoms with E-state index >= 15 is 0 Å². The van der Waals surface area contributed by atoms with Gasteiger partial charge in [0.25, 0.3) is 0 Å². The Kier molecular flexibility index (Phi) is 5.61. The number of amides is 1. The zero-order valence-corrected chi connectivity index (χ0v) is 17.6. The molecule has 2 aromatic heterocycles. The second-order valence-electron chi connectivity index (χ2n) is 7.53. The van der Waals surface area contributed by atoms with Crippen molar-refractivity contribution in [2.75, 3.05) is 5.32 Å². The molecule has 2 heterocycles. The van der Waals surface area contributed by atoms with E-state index in [1.54, 1.807) is 0 Å². The summed E-state index contributed by atoms with van der Waals surface area (Å²) in [6.07, 6.45) is 1.97. The highest BCUT2D eigenvalue weighted by molar-refractivity contribution is 5.90. The highest BCUT2D eigenvalue weighted by Gasteiger charge is 2.14. The topological polar surface area (TPSA) is 59.3 Å². The number of benzene rings is 2. The fourth-order valence-corrected chi connectivity index (χ4v) is 3.77. The van der Waals surface area contributed by atoms with Gasteiger partial charge >= 0.3 is 0 Å². The molecule has 0 bridgehead atoms. The zero-order chi connectivity index (χ0) is 21.1. The highest BCUT2D eigenvalue weighted by Crippen LogP contribution is 2.22. The Morgan fingerprint density at radius 1 is 1.03 bits per heavy atom. The van der Waals surface area contributed by atoms with Crippen LogP contribution in [-0.2, 0) is 17.6 Å². The maximum Gasteiger partial charge on any atom is 0.224 e. The average molecular weight is 399 g/mol. The van der Waals surface area contributed by atoms with Gasteiger partial charge in [-0.1, -0.05) is 49.4 Å². The van der Waals surface area contributed by atoms with Crippen LogP contribution in [0.1, 0.15) is 35.9 Å². The largest absolute Gasteiger partial charge is 0.326 e. The van der Waals surface area contributed by atoms with E-state index in [2.05, 4.69) is 18.3 Å². The SMILES string of the molecule is CCc1cccc(NC(=O)CCc2c(C)nc3cc(-c4ccccc4)nn3c2C)c1. The number of hydrogen-bond donors (Lipinski definition) is 1. The molecule has 0 fully saturated rings. The molecule has 0 aliphatic carbocycles. The molecule has 2 aromatic carbocycles. The smallest absolute Gasteiger partial charge is 0.224 e. The summed E-state index contributed by atoms with van der Waals surface area (Å²) in [6, 6.07) is 20.1. The minimum absolute atomic E-state index is 0.00703. The summed E-state index contributed by atoms with van der Waals surface area (Å²) in [4.78, 5) is 17.2. The standard InChI is InChI=1S/C25H26N4O/c1-4-19-9-8-12-21(15-19)27-25(30)14-13-22-17(2)26-24-16-23(28-29(24)18(22)3)20-10-6-5-7-11-20/h5-12,15-16H,4,13-14H2,1-3H3,(H,27,30). The van der Waals surface area contributed by atoms with Crippen molar-refractivity contribution in [3.8, 4) is 11.3 Å². The van der Waals surface area contributed by atoms with E-state index in [1.165, 1.54) is 5.56 Å². The first kappa shape index (κ1) is 19.8. The van der Waals surface area contributed by atoms with Crippen LogP contribution in [0.25, 0.3) is 16.9 Å². The molecule has 0 saturated heterocycles. The summed E-state index contributed by atoms with van der Waals surface area (Å²) >= 11 is 0. The quantitative estimate of drug-likeness (QED) is 0.489. The second kappa shape index (κ2) is 8.49. The number of nitrogens with one attached hydrogen (secondary N) is 1. The zero-order valence-electron chi connectivity index (χ0n) is 17.6. The molecule has 5 heteroatoms. The van der Waals surface area contributed by atoms with Crippen LogP contribution < -0.4 is 5.32 Å². The summed E-state index contributed by atoms with van der Waals surface area (Å²) in [5, 5.41) is 7.76. The molecule has 1 amide bonds. The van der Waals surface area contributed by atoms with Crippen LogP contribution in [0.15, 0.2) is 60.7 Å². The summed E-state index contributed by atoms with van der Waals surface area (Å²) < 4.78 is 1.88. The summed E-state index contributed by atoms with van der Waals surface area (Å²) in [5.41, 5.74) is 7.89. The van der Waals surface area contributed by atoms with Crippen LogP contribution in [0.2, 0.25) is 0 Å². The molecule has 5 nitrogen and oxygen atoms in total. The van der Waals surface area contributed by atoms with Crippen LogP contribution in [0.4, 0.5) is 5.69 Å². The molecule has 0 unspecified atom stereocenters. The van der Waals surface area contributed by atoms with Crippen molar-refractivity contribution in [3.63, 3.8) is 0 Å². The third-order valence-corrected chi connectivity index (χ3v) is 5.45. The van der Waals surface area contributed by atoms with Crippen molar-refractivity contribution >= 4 is 17.2 Å². The number of fused-ring (bicyclic) bond motifs is 1. The van der Waals surface area contributed by atoms with Crippen molar-refractivity contribution < 1.29 is 4.79 Å². The number of carbonyl (C=O) groups is 1. The van der Waals surface area contributed by atoms with E-state index in [0.717, 1.165) is 46.0 Å². The van der Waals surface area contributed by atoms with Crippen molar-refractivity contribution in [2.45, 2.75) is 40.0 Å². The monoisotopic (exact) mass is 398 g/mol. The average Bonchev–Trinajstić information content (AvgIpc) is 3.18. The van der Waals surface area contributed by atoms with Crippen molar-refractivity contribution in [2.24, 2.45) is 0 Å². The molecule has 4 rings (SSSR count). The van der Waals surface area contributed by atoms with E-state index in [4.69, 9.17) is 10.1 Å². The van der Waals surface area contributed by atoms with Gasteiger partial charge in [0.1, 0.15) is 0 Å². The third-order valence-electron chi connectivity index (χ3n) is 5.45. The van der Waals surface area contributed by atoms with E-state index in [1.807, 2.05) is 73.0 Å². The van der Waals surface area contributed by atoms with E-state index in [0.29, 0.717) is 12.8 Å². The lowest BCUT2D eigenvalue weighted by molar-refractivity contribution is -0.116. The number of aromatic nitrogens is 3. The number of rotatable bonds is 6. The van der Waals surface area contributed by atoms with Gasteiger partial charge < -0.3 is 5.32 Å². The maximum atomic E-state index is 12.5. The first-order chi connectivity index (χ1) is 14.5. The molecule has 4 aromatic rings. The second-order valence-corrected chi connectivity index (χ2v) is 7.53. The summed E-state index contributed by atoms with van der Waals surface area (Å²) in [7, 11) is 0. The van der Waals surface area contributed by atoms with Gasteiger partial charge in [0.15, 0.2) is 5.65 Å². The van der Waals surface area contributed by atoms with Gasteiger partial charge in [0.05, 0.1) is 5.69 Å². The van der Waals surface area contributed by atoms with Crippen LogP contribution in [-0.4, -0.2) is 20.5 Å². The number of nitrogens with zero attached hydrogens (tertiary/aromatic N) is 3. The van der Waals surface area contributed by atoms with E-state index in [-0.39, 0.29) is 5.91 Å². The predicted octanol–water partition coefficient (Wildman–Crippen LogP) is 5.15. The molecule has 0 radical (unpaired) electrons. The number of carbonyl (C=O) groups excluding carboxylic acids is 1. The van der Waals surface area contributed by atoms with Gasteiger partial charge in [-0.15, -0.1) is 0 Å². The van der Waals surface area contributed by atoms with Gasteiger partial charge in [-0.3, -0.25) is 4.79 Å². The Labute approximate surface area is 176 Å². The van der Waals surface area contributed by atoms with Crippen LogP contribution in [0, 0.1) is 13.8 Å². The predicted molar refractivity (Wildman–Crippen MR) is 121 cm³/mol. The van der Waals surface area contributed by atoms with Crippen LogP contribution in [0.5, 0.6) is 0 Å². The van der Waals surface area contributed by atoms with Gasteiger partial charge in [0, 0.05) is 35.1 Å². The summed E-state index contributed by atoms with van der Waals surface area (Å²) in [6.45, 7) is 6.15. The van der Waals surface area contributed by atoms with Gasteiger partial charge in [-0.05, 0) is 49.9 Å². The van der Waals surface area contributed by atoms with Crippen molar-refractivity contribution in [1.29, 1.82) is 0 Å². The van der Waals surface area contributed by atoms with Gasteiger partial charge in [-0.25, -0.2) is 9.50 Å². The van der Waals surface area contributed by atoms with Gasteiger partial charge in [0.2, 0.25) is 5.91 Å². The Morgan fingerprint density at radius 2 is 1.83 bits per heavy atom. The number of hydrogen-bond acceptors (Lipinski definition) is 3. The van der Waals surface area contributed by atoms with Crippen LogP contribution in [0.3, 0.4) is 0 Å². The first-order valence-corrected chi connectivity index (χ1v) is 10.3. The fourth-order valence-electron chi connectivity index (χ4n) is 3.77. The Hall–Kier alpha value is -3.47. The highest BCUT2D eigenvalue weighted by atomic mass is 16.1. The molecule has 30 heavy (non-hydrogen) atoms. The molecule has 0 spiro atoms. The normalized spacial score (nSPS) is 11.0. The van der Waals surface area contributed by atoms with Gasteiger partial charge in [-0.2, -0.15) is 5.10 Å². The minimum Gasteiger partial charge on any atom is -0.326 e. The molecular weight excluding hydrogens is 372 g/mol. The first-order valence-electron chi connectivity index (χ1n) is 10.3. The Bertz CT molecular complexity index is 1190. The van der Waals surface area contributed by atoms with E-state index < -0.39 is 0 Å². The molecular formula is C25H26N4O.